The van der Waals surface area contributed by atoms with Gasteiger partial charge in [-0.1, -0.05) is 33.8 Å². The standard InChI is InChI=1S/C15H22BrClO/c1-5-9-18-13-8-7-11(10-12(13)16)14(17)15(3,4)6-2/h7-8,10,14H,5-6,9H2,1-4H3. The third kappa shape index (κ3) is 3.89. The molecule has 1 aromatic carbocycles. The van der Waals surface area contributed by atoms with Crippen LogP contribution in [0, 0.1) is 5.41 Å². The van der Waals surface area contributed by atoms with Gasteiger partial charge in [0.25, 0.3) is 0 Å². The maximum Gasteiger partial charge on any atom is 0.133 e. The predicted octanol–water partition coefficient (Wildman–Crippen LogP) is 5.95. The zero-order valence-electron chi connectivity index (χ0n) is 11.6. The number of hydrogen-bond donors (Lipinski definition) is 0. The SMILES string of the molecule is CCCOc1ccc(C(Cl)C(C)(C)CC)cc1Br. The molecule has 0 radical (unpaired) electrons. The number of benzene rings is 1. The fraction of sp³-hybridized carbons (Fsp3) is 0.600. The minimum Gasteiger partial charge on any atom is -0.492 e. The second kappa shape index (κ2) is 6.81. The van der Waals surface area contributed by atoms with E-state index in [1.807, 2.05) is 6.07 Å². The quantitative estimate of drug-likeness (QED) is 0.584. The molecular formula is C15H22BrClO. The fourth-order valence-electron chi connectivity index (χ4n) is 1.63. The average Bonchev–Trinajstić information content (AvgIpc) is 2.36. The van der Waals surface area contributed by atoms with Crippen LogP contribution in [-0.4, -0.2) is 6.61 Å². The summed E-state index contributed by atoms with van der Waals surface area (Å²) in [5.74, 6) is 0.888. The molecule has 0 fully saturated rings. The predicted molar refractivity (Wildman–Crippen MR) is 82.6 cm³/mol. The summed E-state index contributed by atoms with van der Waals surface area (Å²) in [6, 6.07) is 6.13. The van der Waals surface area contributed by atoms with E-state index in [-0.39, 0.29) is 10.8 Å². The van der Waals surface area contributed by atoms with Crippen LogP contribution in [0.4, 0.5) is 0 Å². The summed E-state index contributed by atoms with van der Waals surface area (Å²) in [7, 11) is 0. The van der Waals surface area contributed by atoms with Crippen LogP contribution >= 0.6 is 27.5 Å². The molecule has 0 aliphatic heterocycles. The van der Waals surface area contributed by atoms with Crippen molar-refractivity contribution in [1.82, 2.24) is 0 Å². The molecule has 0 spiro atoms. The molecule has 0 saturated heterocycles. The van der Waals surface area contributed by atoms with Crippen LogP contribution in [0.25, 0.3) is 0 Å². The Kier molecular flexibility index (Phi) is 6.00. The monoisotopic (exact) mass is 332 g/mol. The topological polar surface area (TPSA) is 9.23 Å². The third-order valence-corrected chi connectivity index (χ3v) is 4.77. The lowest BCUT2D eigenvalue weighted by atomic mass is 9.83. The molecule has 0 bridgehead atoms. The third-order valence-electron chi connectivity index (χ3n) is 3.31. The Morgan fingerprint density at radius 1 is 1.33 bits per heavy atom. The van der Waals surface area contributed by atoms with Crippen molar-refractivity contribution in [2.45, 2.75) is 45.9 Å². The summed E-state index contributed by atoms with van der Waals surface area (Å²) >= 11 is 10.1. The molecule has 0 saturated carbocycles. The number of alkyl halides is 1. The maximum absolute atomic E-state index is 6.57. The summed E-state index contributed by atoms with van der Waals surface area (Å²) in [6.45, 7) is 9.40. The Hall–Kier alpha value is -0.210. The van der Waals surface area contributed by atoms with Gasteiger partial charge in [-0.05, 0) is 51.9 Å². The molecule has 0 heterocycles. The maximum atomic E-state index is 6.57. The highest BCUT2D eigenvalue weighted by atomic mass is 79.9. The number of halogens is 2. The Bertz CT molecular complexity index is 390. The molecule has 1 unspecified atom stereocenters. The smallest absolute Gasteiger partial charge is 0.133 e. The van der Waals surface area contributed by atoms with Crippen LogP contribution in [0.2, 0.25) is 0 Å². The highest BCUT2D eigenvalue weighted by Gasteiger charge is 2.27. The van der Waals surface area contributed by atoms with Crippen molar-refractivity contribution in [3.8, 4) is 5.75 Å². The molecule has 1 rings (SSSR count). The van der Waals surface area contributed by atoms with E-state index in [0.717, 1.165) is 35.2 Å². The van der Waals surface area contributed by atoms with Crippen LogP contribution in [0.5, 0.6) is 5.75 Å². The van der Waals surface area contributed by atoms with E-state index in [1.54, 1.807) is 0 Å². The largest absolute Gasteiger partial charge is 0.492 e. The molecule has 1 nitrogen and oxygen atoms in total. The zero-order valence-corrected chi connectivity index (χ0v) is 13.9. The van der Waals surface area contributed by atoms with Gasteiger partial charge in [0.1, 0.15) is 5.75 Å². The first-order valence-corrected chi connectivity index (χ1v) is 7.71. The van der Waals surface area contributed by atoms with Crippen molar-refractivity contribution in [3.63, 3.8) is 0 Å². The molecule has 0 aliphatic carbocycles. The first-order valence-electron chi connectivity index (χ1n) is 6.48. The van der Waals surface area contributed by atoms with E-state index >= 15 is 0 Å². The van der Waals surface area contributed by atoms with Crippen molar-refractivity contribution in [3.05, 3.63) is 28.2 Å². The molecule has 0 N–H and O–H groups in total. The first kappa shape index (κ1) is 15.8. The van der Waals surface area contributed by atoms with Crippen LogP contribution in [0.3, 0.4) is 0 Å². The van der Waals surface area contributed by atoms with Gasteiger partial charge in [-0.25, -0.2) is 0 Å². The molecule has 0 amide bonds. The minimum absolute atomic E-state index is 0.0130. The Morgan fingerprint density at radius 3 is 2.50 bits per heavy atom. The van der Waals surface area contributed by atoms with Gasteiger partial charge in [0, 0.05) is 0 Å². The second-order valence-electron chi connectivity index (χ2n) is 5.24. The van der Waals surface area contributed by atoms with Gasteiger partial charge in [-0.2, -0.15) is 0 Å². The summed E-state index contributed by atoms with van der Waals surface area (Å²) in [5, 5.41) is 0.0130. The van der Waals surface area contributed by atoms with Gasteiger partial charge in [0.2, 0.25) is 0 Å². The molecule has 0 aromatic heterocycles. The van der Waals surface area contributed by atoms with Gasteiger partial charge < -0.3 is 4.74 Å². The van der Waals surface area contributed by atoms with Crippen molar-refractivity contribution >= 4 is 27.5 Å². The van der Waals surface area contributed by atoms with Crippen molar-refractivity contribution in [1.29, 1.82) is 0 Å². The van der Waals surface area contributed by atoms with Crippen LogP contribution in [-0.2, 0) is 0 Å². The Labute approximate surface area is 124 Å². The minimum atomic E-state index is 0.0130. The van der Waals surface area contributed by atoms with Gasteiger partial charge in [-0.15, -0.1) is 11.6 Å². The second-order valence-corrected chi connectivity index (χ2v) is 6.53. The number of rotatable bonds is 6. The molecule has 1 aromatic rings. The van der Waals surface area contributed by atoms with E-state index in [2.05, 4.69) is 55.8 Å². The summed E-state index contributed by atoms with van der Waals surface area (Å²) in [4.78, 5) is 0. The molecule has 0 aliphatic rings. The first-order chi connectivity index (χ1) is 8.42. The van der Waals surface area contributed by atoms with E-state index < -0.39 is 0 Å². The summed E-state index contributed by atoms with van der Waals surface area (Å²) in [6.07, 6.45) is 2.06. The van der Waals surface area contributed by atoms with Crippen LogP contribution < -0.4 is 4.74 Å². The van der Waals surface area contributed by atoms with E-state index in [4.69, 9.17) is 16.3 Å². The van der Waals surface area contributed by atoms with E-state index in [9.17, 15) is 0 Å². The van der Waals surface area contributed by atoms with E-state index in [1.165, 1.54) is 0 Å². The molecule has 102 valence electrons. The van der Waals surface area contributed by atoms with Crippen molar-refractivity contribution < 1.29 is 4.74 Å². The fourth-order valence-corrected chi connectivity index (χ4v) is 2.44. The molecule has 1 atom stereocenters. The van der Waals surface area contributed by atoms with Crippen molar-refractivity contribution in [2.24, 2.45) is 5.41 Å². The highest BCUT2D eigenvalue weighted by Crippen LogP contribution is 2.43. The molecular weight excluding hydrogens is 312 g/mol. The van der Waals surface area contributed by atoms with Crippen LogP contribution in [0.15, 0.2) is 22.7 Å². The van der Waals surface area contributed by atoms with Gasteiger partial charge in [-0.3, -0.25) is 0 Å². The lowest BCUT2D eigenvalue weighted by Gasteiger charge is -2.29. The zero-order chi connectivity index (χ0) is 13.8. The summed E-state index contributed by atoms with van der Waals surface area (Å²) in [5.41, 5.74) is 1.23. The average molecular weight is 334 g/mol. The molecule has 18 heavy (non-hydrogen) atoms. The van der Waals surface area contributed by atoms with Gasteiger partial charge in [0.15, 0.2) is 0 Å². The lowest BCUT2D eigenvalue weighted by Crippen LogP contribution is -2.16. The highest BCUT2D eigenvalue weighted by molar-refractivity contribution is 9.10. The molecule has 3 heteroatoms. The van der Waals surface area contributed by atoms with Gasteiger partial charge >= 0.3 is 0 Å². The Morgan fingerprint density at radius 2 is 2.00 bits per heavy atom. The van der Waals surface area contributed by atoms with E-state index in [0.29, 0.717) is 0 Å². The normalized spacial score (nSPS) is 13.4. The summed E-state index contributed by atoms with van der Waals surface area (Å²) < 4.78 is 6.62. The van der Waals surface area contributed by atoms with Crippen LogP contribution in [0.1, 0.15) is 51.5 Å². The Balaban J connectivity index is 2.90. The number of ether oxygens (including phenoxy) is 1. The van der Waals surface area contributed by atoms with Crippen molar-refractivity contribution in [2.75, 3.05) is 6.61 Å². The van der Waals surface area contributed by atoms with Gasteiger partial charge in [0.05, 0.1) is 16.5 Å². The lowest BCUT2D eigenvalue weighted by molar-refractivity contribution is 0.314. The number of hydrogen-bond acceptors (Lipinski definition) is 1.